The first kappa shape index (κ1) is 18.9. The minimum atomic E-state index is -0.206. The van der Waals surface area contributed by atoms with Crippen molar-refractivity contribution in [1.29, 1.82) is 0 Å². The van der Waals surface area contributed by atoms with E-state index in [4.69, 9.17) is 27.6 Å². The second-order valence-electron chi connectivity index (χ2n) is 5.97. The van der Waals surface area contributed by atoms with Gasteiger partial charge in [0.05, 0.1) is 16.5 Å². The van der Waals surface area contributed by atoms with E-state index < -0.39 is 0 Å². The maximum absolute atomic E-state index is 12.2. The summed E-state index contributed by atoms with van der Waals surface area (Å²) < 4.78 is 7.63. The molecule has 1 N–H and O–H groups in total. The molecule has 6 nitrogen and oxygen atoms in total. The molecule has 0 saturated heterocycles. The average molecular weight is 433 g/mol. The highest BCUT2D eigenvalue weighted by Gasteiger charge is 2.16. The number of halogens is 2. The third kappa shape index (κ3) is 3.87. The number of aromatic nitrogens is 3. The molecule has 0 bridgehead atoms. The molecule has 1 amide bonds. The number of para-hydroxylation sites is 1. The Balaban J connectivity index is 1.45. The van der Waals surface area contributed by atoms with Crippen LogP contribution in [0.1, 0.15) is 0 Å². The fourth-order valence-corrected chi connectivity index (χ4v) is 3.82. The number of nitrogens with one attached hydrogen (secondary N) is 1. The highest BCUT2D eigenvalue weighted by atomic mass is 35.5. The molecule has 2 heterocycles. The van der Waals surface area contributed by atoms with Crippen LogP contribution in [0.3, 0.4) is 0 Å². The Morgan fingerprint density at radius 3 is 2.79 bits per heavy atom. The molecule has 0 spiro atoms. The van der Waals surface area contributed by atoms with Crippen LogP contribution in [0.5, 0.6) is 0 Å². The van der Waals surface area contributed by atoms with E-state index in [0.717, 1.165) is 11.0 Å². The van der Waals surface area contributed by atoms with Crippen LogP contribution in [0.15, 0.2) is 58.1 Å². The Labute approximate surface area is 174 Å². The van der Waals surface area contributed by atoms with Crippen molar-refractivity contribution in [2.75, 3.05) is 11.1 Å². The van der Waals surface area contributed by atoms with Gasteiger partial charge in [0, 0.05) is 17.5 Å². The number of benzene rings is 2. The van der Waals surface area contributed by atoms with Gasteiger partial charge in [-0.05, 0) is 30.3 Å². The Hall–Kier alpha value is -2.48. The topological polar surface area (TPSA) is 73.0 Å². The first-order chi connectivity index (χ1) is 13.5. The highest BCUT2D eigenvalue weighted by Crippen LogP contribution is 2.29. The summed E-state index contributed by atoms with van der Waals surface area (Å²) in [5.74, 6) is 1.17. The zero-order valence-electron chi connectivity index (χ0n) is 14.6. The Bertz CT molecular complexity index is 1140. The van der Waals surface area contributed by atoms with Crippen molar-refractivity contribution in [2.24, 2.45) is 7.05 Å². The van der Waals surface area contributed by atoms with Crippen LogP contribution in [-0.2, 0) is 11.8 Å². The van der Waals surface area contributed by atoms with Crippen LogP contribution in [0.25, 0.3) is 22.6 Å². The van der Waals surface area contributed by atoms with Gasteiger partial charge in [0.15, 0.2) is 16.7 Å². The van der Waals surface area contributed by atoms with Gasteiger partial charge in [-0.25, -0.2) is 0 Å². The standard InChI is InChI=1S/C19H14Cl2N4O2S/c1-25-18(16-8-11-4-2-3-5-15(11)27-16)23-24-19(25)28-10-17(26)22-14-7-6-12(20)9-13(14)21/h2-9H,10H2,1H3,(H,22,26). The Kier molecular flexibility index (Phi) is 5.30. The van der Waals surface area contributed by atoms with Gasteiger partial charge in [0.2, 0.25) is 5.91 Å². The molecule has 0 aliphatic carbocycles. The number of carbonyl (C=O) groups is 1. The molecule has 0 aliphatic heterocycles. The molecule has 0 unspecified atom stereocenters. The third-order valence-corrected chi connectivity index (χ3v) is 5.59. The number of anilines is 1. The average Bonchev–Trinajstić information content (AvgIpc) is 3.25. The minimum absolute atomic E-state index is 0.158. The summed E-state index contributed by atoms with van der Waals surface area (Å²) in [4.78, 5) is 12.2. The predicted molar refractivity (Wildman–Crippen MR) is 112 cm³/mol. The zero-order valence-corrected chi connectivity index (χ0v) is 17.0. The quantitative estimate of drug-likeness (QED) is 0.435. The summed E-state index contributed by atoms with van der Waals surface area (Å²) in [6.45, 7) is 0. The van der Waals surface area contributed by atoms with Crippen molar-refractivity contribution < 1.29 is 9.21 Å². The molecule has 0 atom stereocenters. The molecule has 2 aromatic heterocycles. The van der Waals surface area contributed by atoms with E-state index in [1.165, 1.54) is 11.8 Å². The lowest BCUT2D eigenvalue weighted by atomic mass is 10.2. The molecule has 4 rings (SSSR count). The molecule has 0 saturated carbocycles. The van der Waals surface area contributed by atoms with E-state index in [-0.39, 0.29) is 11.7 Å². The fraction of sp³-hybridized carbons (Fsp3) is 0.105. The Morgan fingerprint density at radius 1 is 1.18 bits per heavy atom. The van der Waals surface area contributed by atoms with Crippen LogP contribution >= 0.6 is 35.0 Å². The summed E-state index contributed by atoms with van der Waals surface area (Å²) in [6, 6.07) is 14.6. The smallest absolute Gasteiger partial charge is 0.234 e. The van der Waals surface area contributed by atoms with Crippen molar-refractivity contribution in [1.82, 2.24) is 14.8 Å². The minimum Gasteiger partial charge on any atom is -0.453 e. The maximum Gasteiger partial charge on any atom is 0.234 e. The van der Waals surface area contributed by atoms with Crippen LogP contribution in [0.2, 0.25) is 10.0 Å². The predicted octanol–water partition coefficient (Wildman–Crippen LogP) is 5.27. The van der Waals surface area contributed by atoms with Gasteiger partial charge in [-0.2, -0.15) is 0 Å². The molecular formula is C19H14Cl2N4O2S. The normalized spacial score (nSPS) is 11.1. The number of nitrogens with zero attached hydrogens (tertiary/aromatic N) is 3. The van der Waals surface area contributed by atoms with E-state index in [9.17, 15) is 4.79 Å². The largest absolute Gasteiger partial charge is 0.453 e. The van der Waals surface area contributed by atoms with Crippen LogP contribution in [0.4, 0.5) is 5.69 Å². The van der Waals surface area contributed by atoms with Crippen molar-refractivity contribution >= 4 is 57.5 Å². The van der Waals surface area contributed by atoms with Crippen LogP contribution in [0, 0.1) is 0 Å². The van der Waals surface area contributed by atoms with Crippen LogP contribution < -0.4 is 5.32 Å². The monoisotopic (exact) mass is 432 g/mol. The summed E-state index contributed by atoms with van der Waals surface area (Å²) in [5.41, 5.74) is 1.30. The number of rotatable bonds is 5. The molecule has 142 valence electrons. The SMILES string of the molecule is Cn1c(SCC(=O)Nc2ccc(Cl)cc2Cl)nnc1-c1cc2ccccc2o1. The number of thioether (sulfide) groups is 1. The third-order valence-electron chi connectivity index (χ3n) is 4.02. The fourth-order valence-electron chi connectivity index (χ4n) is 2.65. The van der Waals surface area contributed by atoms with E-state index in [2.05, 4.69) is 15.5 Å². The summed E-state index contributed by atoms with van der Waals surface area (Å²) in [5, 5.41) is 13.6. The molecule has 0 fully saturated rings. The number of amides is 1. The van der Waals surface area contributed by atoms with Crippen molar-refractivity contribution in [3.63, 3.8) is 0 Å². The van der Waals surface area contributed by atoms with E-state index >= 15 is 0 Å². The number of hydrogen-bond donors (Lipinski definition) is 1. The van der Waals surface area contributed by atoms with Gasteiger partial charge in [-0.15, -0.1) is 10.2 Å². The van der Waals surface area contributed by atoms with E-state index in [1.807, 2.05) is 37.4 Å². The second kappa shape index (κ2) is 7.87. The second-order valence-corrected chi connectivity index (χ2v) is 7.76. The zero-order chi connectivity index (χ0) is 19.7. The van der Waals surface area contributed by atoms with Crippen molar-refractivity contribution in [3.8, 4) is 11.6 Å². The Morgan fingerprint density at radius 2 is 2.00 bits per heavy atom. The summed E-state index contributed by atoms with van der Waals surface area (Å²) in [7, 11) is 1.83. The maximum atomic E-state index is 12.2. The van der Waals surface area contributed by atoms with E-state index in [1.54, 1.807) is 22.8 Å². The van der Waals surface area contributed by atoms with Gasteiger partial charge in [0.25, 0.3) is 0 Å². The lowest BCUT2D eigenvalue weighted by Gasteiger charge is -2.07. The van der Waals surface area contributed by atoms with E-state index in [0.29, 0.717) is 32.5 Å². The van der Waals surface area contributed by atoms with Crippen molar-refractivity contribution in [2.45, 2.75) is 5.16 Å². The molecule has 0 radical (unpaired) electrons. The molecule has 28 heavy (non-hydrogen) atoms. The van der Waals surface area contributed by atoms with Crippen molar-refractivity contribution in [3.05, 3.63) is 58.6 Å². The molecule has 0 aliphatic rings. The lowest BCUT2D eigenvalue weighted by Crippen LogP contribution is -2.14. The summed E-state index contributed by atoms with van der Waals surface area (Å²) in [6.07, 6.45) is 0. The van der Waals surface area contributed by atoms with Crippen LogP contribution in [-0.4, -0.2) is 26.4 Å². The number of hydrogen-bond acceptors (Lipinski definition) is 5. The van der Waals surface area contributed by atoms with Gasteiger partial charge in [-0.3, -0.25) is 4.79 Å². The first-order valence-electron chi connectivity index (χ1n) is 8.27. The molecule has 2 aromatic carbocycles. The summed E-state index contributed by atoms with van der Waals surface area (Å²) >= 11 is 13.2. The highest BCUT2D eigenvalue weighted by molar-refractivity contribution is 7.99. The lowest BCUT2D eigenvalue weighted by molar-refractivity contribution is -0.113. The van der Waals surface area contributed by atoms with Gasteiger partial charge in [-0.1, -0.05) is 53.2 Å². The molecule has 4 aromatic rings. The van der Waals surface area contributed by atoms with Gasteiger partial charge in [0.1, 0.15) is 5.58 Å². The number of carbonyl (C=O) groups excluding carboxylic acids is 1. The van der Waals surface area contributed by atoms with Gasteiger partial charge >= 0.3 is 0 Å². The van der Waals surface area contributed by atoms with Gasteiger partial charge < -0.3 is 14.3 Å². The molecular weight excluding hydrogens is 419 g/mol. The number of furan rings is 1. The first-order valence-corrected chi connectivity index (χ1v) is 10.0. The molecule has 9 heteroatoms. The number of fused-ring (bicyclic) bond motifs is 1.